The van der Waals surface area contributed by atoms with Crippen molar-refractivity contribution < 1.29 is 4.79 Å². The third-order valence-electron chi connectivity index (χ3n) is 6.48. The van der Waals surface area contributed by atoms with Crippen LogP contribution in [0.2, 0.25) is 0 Å². The van der Waals surface area contributed by atoms with E-state index in [-0.39, 0.29) is 11.9 Å². The highest BCUT2D eigenvalue weighted by atomic mass is 16.2. The van der Waals surface area contributed by atoms with Crippen molar-refractivity contribution in [3.8, 4) is 0 Å². The highest BCUT2D eigenvalue weighted by molar-refractivity contribution is 5.83. The molecule has 0 aliphatic carbocycles. The SMILES string of the molecule is C[C@H](NC(=O)CN1CCC(N2CCCCC2)CC1)c1ccc2ccccc2c1. The lowest BCUT2D eigenvalue weighted by atomic mass is 10.00. The van der Waals surface area contributed by atoms with Crippen molar-refractivity contribution >= 4 is 16.7 Å². The van der Waals surface area contributed by atoms with Gasteiger partial charge in [-0.25, -0.2) is 0 Å². The maximum absolute atomic E-state index is 12.6. The van der Waals surface area contributed by atoms with Crippen LogP contribution >= 0.6 is 0 Å². The number of hydrogen-bond donors (Lipinski definition) is 1. The zero-order chi connectivity index (χ0) is 19.3. The van der Waals surface area contributed by atoms with Gasteiger partial charge >= 0.3 is 0 Å². The second-order valence-electron chi connectivity index (χ2n) is 8.50. The Balaban J connectivity index is 1.26. The van der Waals surface area contributed by atoms with Gasteiger partial charge < -0.3 is 10.2 Å². The summed E-state index contributed by atoms with van der Waals surface area (Å²) in [6.07, 6.45) is 6.51. The second kappa shape index (κ2) is 9.06. The van der Waals surface area contributed by atoms with E-state index in [0.717, 1.165) is 24.7 Å². The summed E-state index contributed by atoms with van der Waals surface area (Å²) in [6.45, 7) is 7.22. The minimum absolute atomic E-state index is 0.0306. The summed E-state index contributed by atoms with van der Waals surface area (Å²) < 4.78 is 0. The van der Waals surface area contributed by atoms with E-state index in [1.165, 1.54) is 56.0 Å². The molecule has 1 amide bonds. The Labute approximate surface area is 168 Å². The average molecular weight is 380 g/mol. The summed E-state index contributed by atoms with van der Waals surface area (Å²) in [5.41, 5.74) is 1.16. The predicted molar refractivity (Wildman–Crippen MR) is 115 cm³/mol. The van der Waals surface area contributed by atoms with Crippen LogP contribution in [0.25, 0.3) is 10.8 Å². The standard InChI is InChI=1S/C24H33N3O/c1-19(21-10-9-20-7-3-4-8-22(20)17-21)25-24(28)18-26-15-11-23(12-16-26)27-13-5-2-6-14-27/h3-4,7-10,17,19,23H,2,5-6,11-16,18H2,1H3,(H,25,28)/t19-/m0/s1. The zero-order valence-electron chi connectivity index (χ0n) is 17.1. The first-order valence-electron chi connectivity index (χ1n) is 10.9. The van der Waals surface area contributed by atoms with Gasteiger partial charge in [0.15, 0.2) is 0 Å². The molecule has 4 nitrogen and oxygen atoms in total. The van der Waals surface area contributed by atoms with Crippen molar-refractivity contribution in [1.82, 2.24) is 15.1 Å². The normalized spacial score (nSPS) is 20.9. The number of piperidine rings is 2. The lowest BCUT2D eigenvalue weighted by Crippen LogP contribution is -2.48. The lowest BCUT2D eigenvalue weighted by Gasteiger charge is -2.40. The van der Waals surface area contributed by atoms with Crippen molar-refractivity contribution in [3.05, 3.63) is 48.0 Å². The number of likely N-dealkylation sites (tertiary alicyclic amines) is 2. The van der Waals surface area contributed by atoms with E-state index in [1.807, 2.05) is 0 Å². The first-order chi connectivity index (χ1) is 13.7. The van der Waals surface area contributed by atoms with Crippen LogP contribution < -0.4 is 5.32 Å². The van der Waals surface area contributed by atoms with Gasteiger partial charge in [-0.05, 0) is 68.1 Å². The highest BCUT2D eigenvalue weighted by Gasteiger charge is 2.26. The van der Waals surface area contributed by atoms with Crippen LogP contribution in [0.15, 0.2) is 42.5 Å². The number of nitrogens with zero attached hydrogens (tertiary/aromatic N) is 2. The summed E-state index contributed by atoms with van der Waals surface area (Å²) >= 11 is 0. The van der Waals surface area contributed by atoms with E-state index in [0.29, 0.717) is 6.54 Å². The first kappa shape index (κ1) is 19.4. The molecule has 2 aliphatic rings. The quantitative estimate of drug-likeness (QED) is 0.854. The molecule has 0 saturated carbocycles. The topological polar surface area (TPSA) is 35.6 Å². The van der Waals surface area contributed by atoms with Gasteiger partial charge in [-0.15, -0.1) is 0 Å². The summed E-state index contributed by atoms with van der Waals surface area (Å²) in [4.78, 5) is 17.6. The van der Waals surface area contributed by atoms with Crippen LogP contribution in [0.1, 0.15) is 50.6 Å². The van der Waals surface area contributed by atoms with Gasteiger partial charge in [0.2, 0.25) is 5.91 Å². The molecular formula is C24H33N3O. The molecule has 2 aromatic carbocycles. The Hall–Kier alpha value is -1.91. The molecule has 2 aliphatic heterocycles. The summed E-state index contributed by atoms with van der Waals surface area (Å²) in [7, 11) is 0. The van der Waals surface area contributed by atoms with Crippen molar-refractivity contribution in [2.24, 2.45) is 0 Å². The van der Waals surface area contributed by atoms with Gasteiger partial charge in [0, 0.05) is 19.1 Å². The molecule has 2 fully saturated rings. The zero-order valence-corrected chi connectivity index (χ0v) is 17.1. The molecule has 0 radical (unpaired) electrons. The number of carbonyl (C=O) groups is 1. The molecular weight excluding hydrogens is 346 g/mol. The monoisotopic (exact) mass is 379 g/mol. The Morgan fingerprint density at radius 1 is 1.00 bits per heavy atom. The van der Waals surface area contributed by atoms with Gasteiger partial charge in [0.1, 0.15) is 0 Å². The van der Waals surface area contributed by atoms with Crippen LogP contribution in [-0.4, -0.2) is 54.5 Å². The van der Waals surface area contributed by atoms with E-state index in [4.69, 9.17) is 0 Å². The number of rotatable bonds is 5. The molecule has 150 valence electrons. The maximum Gasteiger partial charge on any atom is 0.234 e. The number of amides is 1. The molecule has 2 saturated heterocycles. The molecule has 28 heavy (non-hydrogen) atoms. The molecule has 4 rings (SSSR count). The predicted octanol–water partition coefficient (Wildman–Crippen LogP) is 3.97. The largest absolute Gasteiger partial charge is 0.348 e. The summed E-state index contributed by atoms with van der Waals surface area (Å²) in [5, 5.41) is 5.65. The van der Waals surface area contributed by atoms with E-state index < -0.39 is 0 Å². The molecule has 0 bridgehead atoms. The Kier molecular flexibility index (Phi) is 6.28. The van der Waals surface area contributed by atoms with Crippen LogP contribution in [0.3, 0.4) is 0 Å². The minimum atomic E-state index is 0.0306. The Bertz CT molecular complexity index is 791. The van der Waals surface area contributed by atoms with E-state index in [2.05, 4.69) is 64.5 Å². The molecule has 4 heteroatoms. The van der Waals surface area contributed by atoms with Crippen molar-refractivity contribution in [3.63, 3.8) is 0 Å². The Morgan fingerprint density at radius 2 is 1.71 bits per heavy atom. The van der Waals surface area contributed by atoms with E-state index in [1.54, 1.807) is 0 Å². The van der Waals surface area contributed by atoms with E-state index >= 15 is 0 Å². The third kappa shape index (κ3) is 4.73. The van der Waals surface area contributed by atoms with Gasteiger partial charge in [-0.2, -0.15) is 0 Å². The summed E-state index contributed by atoms with van der Waals surface area (Å²) in [6, 6.07) is 15.6. The fourth-order valence-electron chi connectivity index (χ4n) is 4.78. The second-order valence-corrected chi connectivity index (χ2v) is 8.50. The van der Waals surface area contributed by atoms with Crippen LogP contribution in [-0.2, 0) is 4.79 Å². The average Bonchev–Trinajstić information content (AvgIpc) is 2.74. The molecule has 2 aromatic rings. The number of carbonyl (C=O) groups excluding carboxylic acids is 1. The smallest absolute Gasteiger partial charge is 0.234 e. The van der Waals surface area contributed by atoms with Crippen LogP contribution in [0.5, 0.6) is 0 Å². The number of nitrogens with one attached hydrogen (secondary N) is 1. The first-order valence-corrected chi connectivity index (χ1v) is 10.9. The number of hydrogen-bond acceptors (Lipinski definition) is 3. The molecule has 0 aromatic heterocycles. The lowest BCUT2D eigenvalue weighted by molar-refractivity contribution is -0.123. The number of fused-ring (bicyclic) bond motifs is 1. The number of benzene rings is 2. The molecule has 0 unspecified atom stereocenters. The van der Waals surface area contributed by atoms with Crippen molar-refractivity contribution in [2.45, 2.75) is 51.1 Å². The fourth-order valence-corrected chi connectivity index (χ4v) is 4.78. The summed E-state index contributed by atoms with van der Waals surface area (Å²) in [5.74, 6) is 0.136. The van der Waals surface area contributed by atoms with Crippen molar-refractivity contribution in [1.29, 1.82) is 0 Å². The minimum Gasteiger partial charge on any atom is -0.348 e. The maximum atomic E-state index is 12.6. The van der Waals surface area contributed by atoms with E-state index in [9.17, 15) is 4.79 Å². The fraction of sp³-hybridized carbons (Fsp3) is 0.542. The van der Waals surface area contributed by atoms with Crippen molar-refractivity contribution in [2.75, 3.05) is 32.7 Å². The van der Waals surface area contributed by atoms with Gasteiger partial charge in [0.25, 0.3) is 0 Å². The molecule has 2 heterocycles. The highest BCUT2D eigenvalue weighted by Crippen LogP contribution is 2.22. The van der Waals surface area contributed by atoms with Crippen LogP contribution in [0.4, 0.5) is 0 Å². The third-order valence-corrected chi connectivity index (χ3v) is 6.48. The molecule has 1 atom stereocenters. The van der Waals surface area contributed by atoms with Gasteiger partial charge in [0.05, 0.1) is 12.6 Å². The Morgan fingerprint density at radius 3 is 2.46 bits per heavy atom. The van der Waals surface area contributed by atoms with Crippen LogP contribution in [0, 0.1) is 0 Å². The molecule has 1 N–H and O–H groups in total. The van der Waals surface area contributed by atoms with Gasteiger partial charge in [-0.3, -0.25) is 9.69 Å². The molecule has 0 spiro atoms. The van der Waals surface area contributed by atoms with Gasteiger partial charge in [-0.1, -0.05) is 42.8 Å².